The summed E-state index contributed by atoms with van der Waals surface area (Å²) < 4.78 is 11.3. The van der Waals surface area contributed by atoms with E-state index in [2.05, 4.69) is 21.3 Å². The van der Waals surface area contributed by atoms with Crippen molar-refractivity contribution in [1.29, 1.82) is 0 Å². The molecule has 1 aliphatic heterocycles. The number of oxazole rings is 1. The number of hydrogen-bond acceptors (Lipinski definition) is 6. The van der Waals surface area contributed by atoms with Crippen LogP contribution in [-0.2, 0) is 12.3 Å². The summed E-state index contributed by atoms with van der Waals surface area (Å²) in [4.78, 5) is 20.1. The highest BCUT2D eigenvalue weighted by Gasteiger charge is 2.23. The van der Waals surface area contributed by atoms with Crippen LogP contribution in [0.25, 0.3) is 11.1 Å². The fourth-order valence-electron chi connectivity index (χ4n) is 4.49. The molecule has 0 spiro atoms. The summed E-state index contributed by atoms with van der Waals surface area (Å²) in [5.41, 5.74) is 4.51. The molecular weight excluding hydrogens is 458 g/mol. The second-order valence-electron chi connectivity index (χ2n) is 8.73. The van der Waals surface area contributed by atoms with E-state index in [-0.39, 0.29) is 11.9 Å². The zero-order valence-corrected chi connectivity index (χ0v) is 20.6. The molecule has 35 heavy (non-hydrogen) atoms. The van der Waals surface area contributed by atoms with Crippen LogP contribution in [0.5, 0.6) is 5.75 Å². The molecule has 1 aliphatic rings. The van der Waals surface area contributed by atoms with Crippen LogP contribution < -0.4 is 10.1 Å². The number of amides is 1. The van der Waals surface area contributed by atoms with Gasteiger partial charge in [0.1, 0.15) is 11.3 Å². The van der Waals surface area contributed by atoms with E-state index in [0.29, 0.717) is 16.5 Å². The number of fused-ring (bicyclic) bond motifs is 1. The Hall–Kier alpha value is -3.29. The number of rotatable bonds is 8. The van der Waals surface area contributed by atoms with E-state index < -0.39 is 0 Å². The minimum Gasteiger partial charge on any atom is -0.496 e. The van der Waals surface area contributed by atoms with Crippen LogP contribution in [0.4, 0.5) is 0 Å². The number of aromatic nitrogens is 1. The van der Waals surface area contributed by atoms with E-state index in [0.717, 1.165) is 54.9 Å². The van der Waals surface area contributed by atoms with Crippen LogP contribution in [0.3, 0.4) is 0 Å². The van der Waals surface area contributed by atoms with Crippen molar-refractivity contribution >= 4 is 28.8 Å². The van der Waals surface area contributed by atoms with Crippen LogP contribution in [0.2, 0.25) is 0 Å². The van der Waals surface area contributed by atoms with E-state index in [1.54, 1.807) is 7.11 Å². The largest absolute Gasteiger partial charge is 0.496 e. The second kappa shape index (κ2) is 11.0. The van der Waals surface area contributed by atoms with Crippen LogP contribution in [0, 0.1) is 0 Å². The number of likely N-dealkylation sites (tertiary alicyclic amines) is 1. The monoisotopic (exact) mass is 487 g/mol. The van der Waals surface area contributed by atoms with Gasteiger partial charge in [-0.15, -0.1) is 0 Å². The number of hydrogen-bond donors (Lipinski definition) is 1. The van der Waals surface area contributed by atoms with Crippen LogP contribution >= 0.6 is 11.8 Å². The van der Waals surface area contributed by atoms with Crippen LogP contribution in [0.15, 0.2) is 82.4 Å². The van der Waals surface area contributed by atoms with Crippen molar-refractivity contribution in [3.05, 3.63) is 89.5 Å². The lowest BCUT2D eigenvalue weighted by atomic mass is 10.0. The first-order valence-electron chi connectivity index (χ1n) is 11.9. The highest BCUT2D eigenvalue weighted by Crippen LogP contribution is 2.27. The standard InChI is InChI=1S/C28H29N3O3S/c1-33-25-12-6-3-8-20(25)18-31-16-14-22(15-17-31)29-27(32)23-10-4-2-9-21(23)19-35-28-30-24-11-5-7-13-26(24)34-28/h2-13,22H,14-19H2,1H3,(H,29,32). The number of nitrogens with one attached hydrogen (secondary N) is 1. The molecule has 6 nitrogen and oxygen atoms in total. The summed E-state index contributed by atoms with van der Waals surface area (Å²) in [6.07, 6.45) is 1.86. The first-order valence-corrected chi connectivity index (χ1v) is 12.9. The molecule has 0 radical (unpaired) electrons. The first kappa shape index (κ1) is 23.5. The molecule has 0 bridgehead atoms. The molecule has 0 atom stereocenters. The Morgan fingerprint density at radius 2 is 1.74 bits per heavy atom. The van der Waals surface area contributed by atoms with E-state index in [9.17, 15) is 4.79 Å². The maximum absolute atomic E-state index is 13.2. The van der Waals surface area contributed by atoms with Gasteiger partial charge in [0.2, 0.25) is 0 Å². The van der Waals surface area contributed by atoms with E-state index >= 15 is 0 Å². The lowest BCUT2D eigenvalue weighted by molar-refractivity contribution is 0.0908. The molecule has 2 heterocycles. The molecule has 1 aromatic heterocycles. The van der Waals surface area contributed by atoms with Gasteiger partial charge in [-0.3, -0.25) is 9.69 Å². The molecule has 1 fully saturated rings. The second-order valence-corrected chi connectivity index (χ2v) is 9.66. The van der Waals surface area contributed by atoms with Crippen molar-refractivity contribution < 1.29 is 13.9 Å². The summed E-state index contributed by atoms with van der Waals surface area (Å²) in [6, 6.07) is 23.8. The van der Waals surface area contributed by atoms with Gasteiger partial charge in [-0.25, -0.2) is 4.98 Å². The first-order chi connectivity index (χ1) is 17.2. The predicted molar refractivity (Wildman–Crippen MR) is 139 cm³/mol. The minimum absolute atomic E-state index is 0.0121. The third-order valence-electron chi connectivity index (χ3n) is 6.40. The smallest absolute Gasteiger partial charge is 0.257 e. The average Bonchev–Trinajstić information content (AvgIpc) is 3.32. The molecule has 1 saturated heterocycles. The third kappa shape index (κ3) is 5.69. The number of benzene rings is 3. The fourth-order valence-corrected chi connectivity index (χ4v) is 5.34. The lowest BCUT2D eigenvalue weighted by Gasteiger charge is -2.32. The van der Waals surface area contributed by atoms with Crippen LogP contribution in [-0.4, -0.2) is 42.0 Å². The summed E-state index contributed by atoms with van der Waals surface area (Å²) in [6.45, 7) is 2.75. The van der Waals surface area contributed by atoms with E-state index in [1.165, 1.54) is 17.3 Å². The van der Waals surface area contributed by atoms with E-state index in [4.69, 9.17) is 9.15 Å². The number of ether oxygens (including phenoxy) is 1. The number of thioether (sulfide) groups is 1. The summed E-state index contributed by atoms with van der Waals surface area (Å²) in [5, 5.41) is 3.88. The maximum atomic E-state index is 13.2. The normalized spacial score (nSPS) is 14.8. The van der Waals surface area contributed by atoms with Crippen molar-refractivity contribution in [3.8, 4) is 5.75 Å². The summed E-state index contributed by atoms with van der Waals surface area (Å²) in [7, 11) is 1.71. The molecule has 7 heteroatoms. The molecule has 0 saturated carbocycles. The average molecular weight is 488 g/mol. The van der Waals surface area contributed by atoms with Crippen molar-refractivity contribution in [2.24, 2.45) is 0 Å². The zero-order chi connectivity index (χ0) is 24.0. The molecule has 3 aromatic carbocycles. The quantitative estimate of drug-likeness (QED) is 0.330. The molecular formula is C28H29N3O3S. The van der Waals surface area contributed by atoms with Crippen molar-refractivity contribution in [2.75, 3.05) is 20.2 Å². The number of carbonyl (C=O) groups is 1. The molecule has 4 aromatic rings. The molecule has 0 aliphatic carbocycles. The minimum atomic E-state index is -0.0121. The van der Waals surface area contributed by atoms with Crippen LogP contribution in [0.1, 0.15) is 34.3 Å². The van der Waals surface area contributed by atoms with Gasteiger partial charge < -0.3 is 14.5 Å². The Morgan fingerprint density at radius 1 is 1.03 bits per heavy atom. The van der Waals surface area contributed by atoms with Crippen molar-refractivity contribution in [3.63, 3.8) is 0 Å². The van der Waals surface area contributed by atoms with Gasteiger partial charge in [-0.2, -0.15) is 0 Å². The number of carbonyl (C=O) groups excluding carboxylic acids is 1. The third-order valence-corrected chi connectivity index (χ3v) is 7.27. The van der Waals surface area contributed by atoms with Gasteiger partial charge in [0.25, 0.3) is 11.1 Å². The number of nitrogens with zero attached hydrogens (tertiary/aromatic N) is 2. The van der Waals surface area contributed by atoms with E-state index in [1.807, 2.05) is 66.7 Å². The highest BCUT2D eigenvalue weighted by molar-refractivity contribution is 7.98. The van der Waals surface area contributed by atoms with Crippen molar-refractivity contribution in [2.45, 2.75) is 36.4 Å². The number of methoxy groups -OCH3 is 1. The number of para-hydroxylation sites is 3. The van der Waals surface area contributed by atoms with Gasteiger partial charge in [0, 0.05) is 42.6 Å². The Morgan fingerprint density at radius 3 is 2.54 bits per heavy atom. The van der Waals surface area contributed by atoms with Gasteiger partial charge in [-0.05, 0) is 42.7 Å². The predicted octanol–water partition coefficient (Wildman–Crippen LogP) is 5.52. The number of piperidine rings is 1. The Labute approximate surface area is 209 Å². The Bertz CT molecular complexity index is 1260. The fraction of sp³-hybridized carbons (Fsp3) is 0.286. The molecule has 1 amide bonds. The summed E-state index contributed by atoms with van der Waals surface area (Å²) in [5.74, 6) is 1.53. The van der Waals surface area contributed by atoms with Gasteiger partial charge >= 0.3 is 0 Å². The lowest BCUT2D eigenvalue weighted by Crippen LogP contribution is -2.44. The van der Waals surface area contributed by atoms with Crippen molar-refractivity contribution in [1.82, 2.24) is 15.2 Å². The molecule has 5 rings (SSSR count). The van der Waals surface area contributed by atoms with Gasteiger partial charge in [0.05, 0.1) is 7.11 Å². The van der Waals surface area contributed by atoms with Gasteiger partial charge in [-0.1, -0.05) is 60.3 Å². The Kier molecular flexibility index (Phi) is 7.35. The highest BCUT2D eigenvalue weighted by atomic mass is 32.2. The van der Waals surface area contributed by atoms with Gasteiger partial charge in [0.15, 0.2) is 5.58 Å². The molecule has 0 unspecified atom stereocenters. The SMILES string of the molecule is COc1ccccc1CN1CCC(NC(=O)c2ccccc2CSc2nc3ccccc3o2)CC1. The molecule has 180 valence electrons. The molecule has 1 N–H and O–H groups in total. The topological polar surface area (TPSA) is 67.6 Å². The zero-order valence-electron chi connectivity index (χ0n) is 19.8. The Balaban J connectivity index is 1.16. The maximum Gasteiger partial charge on any atom is 0.257 e. The summed E-state index contributed by atoms with van der Waals surface area (Å²) >= 11 is 1.51.